The first-order valence-electron chi connectivity index (χ1n) is 6.48. The van der Waals surface area contributed by atoms with Crippen molar-refractivity contribution in [2.24, 2.45) is 11.1 Å². The van der Waals surface area contributed by atoms with Gasteiger partial charge in [0.05, 0.1) is 12.9 Å². The second-order valence-corrected chi connectivity index (χ2v) is 7.69. The summed E-state index contributed by atoms with van der Waals surface area (Å²) in [6, 6.07) is 3.46. The number of hydrogen-bond acceptors (Lipinski definition) is 7. The van der Waals surface area contributed by atoms with Crippen LogP contribution in [0.1, 0.15) is 6.42 Å². The number of carbonyl (C=O) groups is 1. The van der Waals surface area contributed by atoms with Crippen molar-refractivity contribution in [3.63, 3.8) is 0 Å². The van der Waals surface area contributed by atoms with Crippen LogP contribution in [-0.2, 0) is 14.8 Å². The number of aromatic nitrogens is 2. The summed E-state index contributed by atoms with van der Waals surface area (Å²) in [5.41, 5.74) is 0.670. The van der Waals surface area contributed by atoms with E-state index in [9.17, 15) is 13.2 Å². The molecule has 1 fully saturated rings. The van der Waals surface area contributed by atoms with Gasteiger partial charge in [0, 0.05) is 24.9 Å². The SMILES string of the molecule is COc1ccc2nc(N3CC(CS(N)(=O)=O)CC3=O)sc2n1. The van der Waals surface area contributed by atoms with Crippen molar-refractivity contribution in [2.45, 2.75) is 6.42 Å². The molecule has 1 unspecified atom stereocenters. The largest absolute Gasteiger partial charge is 0.481 e. The highest BCUT2D eigenvalue weighted by molar-refractivity contribution is 7.89. The van der Waals surface area contributed by atoms with Gasteiger partial charge < -0.3 is 4.74 Å². The van der Waals surface area contributed by atoms with Gasteiger partial charge in [-0.25, -0.2) is 23.5 Å². The predicted octanol–water partition coefficient (Wildman–Crippen LogP) is 0.341. The van der Waals surface area contributed by atoms with Crippen molar-refractivity contribution in [3.05, 3.63) is 12.1 Å². The van der Waals surface area contributed by atoms with Crippen molar-refractivity contribution in [1.82, 2.24) is 9.97 Å². The van der Waals surface area contributed by atoms with Crippen LogP contribution in [0.5, 0.6) is 5.88 Å². The topological polar surface area (TPSA) is 115 Å². The number of sulfonamides is 1. The Morgan fingerprint density at radius 1 is 1.45 bits per heavy atom. The number of pyridine rings is 1. The maximum atomic E-state index is 12.1. The number of rotatable bonds is 4. The Labute approximate surface area is 131 Å². The molecule has 1 aliphatic rings. The summed E-state index contributed by atoms with van der Waals surface area (Å²) in [6.07, 6.45) is 0.156. The number of hydrogen-bond donors (Lipinski definition) is 1. The van der Waals surface area contributed by atoms with Gasteiger partial charge in [0.1, 0.15) is 10.3 Å². The Bertz CT molecular complexity index is 833. The van der Waals surface area contributed by atoms with E-state index in [-0.39, 0.29) is 24.0 Å². The number of primary sulfonamides is 1. The fourth-order valence-corrected chi connectivity index (χ4v) is 4.26. The molecule has 8 nitrogen and oxygen atoms in total. The lowest BCUT2D eigenvalue weighted by Crippen LogP contribution is -2.27. The molecule has 3 heterocycles. The molecular formula is C12H14N4O4S2. The van der Waals surface area contributed by atoms with Crippen molar-refractivity contribution >= 4 is 42.7 Å². The van der Waals surface area contributed by atoms with Crippen molar-refractivity contribution < 1.29 is 17.9 Å². The lowest BCUT2D eigenvalue weighted by Gasteiger charge is -2.12. The second kappa shape index (κ2) is 5.45. The van der Waals surface area contributed by atoms with Gasteiger partial charge in [0.15, 0.2) is 5.13 Å². The minimum atomic E-state index is -3.59. The molecule has 1 aliphatic heterocycles. The average molecular weight is 342 g/mol. The Morgan fingerprint density at radius 3 is 2.91 bits per heavy atom. The highest BCUT2D eigenvalue weighted by Gasteiger charge is 2.34. The Hall–Kier alpha value is -1.78. The van der Waals surface area contributed by atoms with Gasteiger partial charge in [-0.3, -0.25) is 9.69 Å². The Kier molecular flexibility index (Phi) is 3.75. The monoisotopic (exact) mass is 342 g/mol. The van der Waals surface area contributed by atoms with Gasteiger partial charge in [-0.1, -0.05) is 11.3 Å². The lowest BCUT2D eigenvalue weighted by molar-refractivity contribution is -0.117. The van der Waals surface area contributed by atoms with Crippen LogP contribution in [0.3, 0.4) is 0 Å². The van der Waals surface area contributed by atoms with E-state index in [0.717, 1.165) is 0 Å². The van der Waals surface area contributed by atoms with Crippen LogP contribution in [0.2, 0.25) is 0 Å². The highest BCUT2D eigenvalue weighted by Crippen LogP contribution is 2.32. The second-order valence-electron chi connectivity index (χ2n) is 5.08. The van der Waals surface area contributed by atoms with Gasteiger partial charge in [0.2, 0.25) is 21.8 Å². The predicted molar refractivity (Wildman–Crippen MR) is 82.4 cm³/mol. The van der Waals surface area contributed by atoms with E-state index in [4.69, 9.17) is 9.88 Å². The first kappa shape index (κ1) is 15.1. The number of fused-ring (bicyclic) bond motifs is 1. The van der Waals surface area contributed by atoms with E-state index >= 15 is 0 Å². The number of thiazole rings is 1. The molecular weight excluding hydrogens is 328 g/mol. The number of anilines is 1. The summed E-state index contributed by atoms with van der Waals surface area (Å²) in [5, 5.41) is 5.56. The molecule has 1 atom stereocenters. The van der Waals surface area contributed by atoms with Crippen LogP contribution in [0.15, 0.2) is 12.1 Å². The maximum Gasteiger partial charge on any atom is 0.229 e. The first-order chi connectivity index (χ1) is 10.4. The highest BCUT2D eigenvalue weighted by atomic mass is 32.2. The number of nitrogens with zero attached hydrogens (tertiary/aromatic N) is 3. The van der Waals surface area contributed by atoms with Crippen molar-refractivity contribution in [3.8, 4) is 5.88 Å². The lowest BCUT2D eigenvalue weighted by atomic mass is 10.1. The molecule has 0 bridgehead atoms. The minimum Gasteiger partial charge on any atom is -0.481 e. The third-order valence-corrected chi connectivity index (χ3v) is 5.26. The molecule has 2 aromatic rings. The van der Waals surface area contributed by atoms with Crippen LogP contribution >= 0.6 is 11.3 Å². The average Bonchev–Trinajstić information content (AvgIpc) is 2.98. The summed E-state index contributed by atoms with van der Waals surface area (Å²) >= 11 is 1.27. The Morgan fingerprint density at radius 2 is 2.23 bits per heavy atom. The molecule has 10 heteroatoms. The third kappa shape index (κ3) is 3.03. The molecule has 3 rings (SSSR count). The smallest absolute Gasteiger partial charge is 0.229 e. The van der Waals surface area contributed by atoms with Gasteiger partial charge in [-0.15, -0.1) is 0 Å². The van der Waals surface area contributed by atoms with E-state index in [2.05, 4.69) is 9.97 Å². The van der Waals surface area contributed by atoms with Crippen LogP contribution in [-0.4, -0.2) is 43.7 Å². The maximum absolute atomic E-state index is 12.1. The minimum absolute atomic E-state index is 0.153. The number of ether oxygens (including phenoxy) is 1. The van der Waals surface area contributed by atoms with Crippen molar-refractivity contribution in [2.75, 3.05) is 24.3 Å². The molecule has 1 amide bonds. The quantitative estimate of drug-likeness (QED) is 0.857. The van der Waals surface area contributed by atoms with Crippen LogP contribution in [0, 0.1) is 5.92 Å². The molecule has 0 radical (unpaired) electrons. The summed E-state index contributed by atoms with van der Waals surface area (Å²) in [4.78, 5) is 22.9. The van der Waals surface area contributed by atoms with Crippen LogP contribution < -0.4 is 14.8 Å². The molecule has 0 aliphatic carbocycles. The van der Waals surface area contributed by atoms with E-state index < -0.39 is 10.0 Å². The molecule has 0 spiro atoms. The zero-order valence-corrected chi connectivity index (χ0v) is 13.4. The third-order valence-electron chi connectivity index (χ3n) is 3.33. The molecule has 0 aromatic carbocycles. The van der Waals surface area contributed by atoms with Gasteiger partial charge in [-0.05, 0) is 6.07 Å². The number of methoxy groups -OCH3 is 1. The summed E-state index contributed by atoms with van der Waals surface area (Å²) in [7, 11) is -2.07. The summed E-state index contributed by atoms with van der Waals surface area (Å²) in [5.74, 6) is -0.189. The molecule has 1 saturated heterocycles. The number of carbonyl (C=O) groups excluding carboxylic acids is 1. The van der Waals surface area contributed by atoms with Crippen LogP contribution in [0.4, 0.5) is 5.13 Å². The standard InChI is InChI=1S/C12H14N4O4S2/c1-20-9-3-2-8-11(15-9)21-12(14-8)16-5-7(4-10(16)17)6-22(13,18)19/h2-3,7H,4-6H2,1H3,(H2,13,18,19). The molecule has 2 aromatic heterocycles. The number of nitrogens with two attached hydrogens (primary N) is 1. The van der Waals surface area contributed by atoms with E-state index in [1.54, 1.807) is 12.1 Å². The van der Waals surface area contributed by atoms with Gasteiger partial charge in [-0.2, -0.15) is 0 Å². The summed E-state index contributed by atoms with van der Waals surface area (Å²) < 4.78 is 27.4. The zero-order chi connectivity index (χ0) is 15.9. The normalized spacial score (nSPS) is 19.1. The van der Waals surface area contributed by atoms with E-state index in [1.807, 2.05) is 0 Å². The molecule has 22 heavy (non-hydrogen) atoms. The van der Waals surface area contributed by atoms with E-state index in [1.165, 1.54) is 23.3 Å². The van der Waals surface area contributed by atoms with Crippen LogP contribution in [0.25, 0.3) is 10.3 Å². The van der Waals surface area contributed by atoms with Gasteiger partial charge >= 0.3 is 0 Å². The molecule has 0 saturated carbocycles. The fourth-order valence-electron chi connectivity index (χ4n) is 2.42. The molecule has 118 valence electrons. The van der Waals surface area contributed by atoms with Gasteiger partial charge in [0.25, 0.3) is 0 Å². The zero-order valence-electron chi connectivity index (χ0n) is 11.7. The first-order valence-corrected chi connectivity index (χ1v) is 9.01. The molecule has 2 N–H and O–H groups in total. The fraction of sp³-hybridized carbons (Fsp3) is 0.417. The number of amides is 1. The van der Waals surface area contributed by atoms with E-state index in [0.29, 0.717) is 27.9 Å². The van der Waals surface area contributed by atoms with Crippen molar-refractivity contribution in [1.29, 1.82) is 0 Å². The summed E-state index contributed by atoms with van der Waals surface area (Å²) in [6.45, 7) is 0.298. The Balaban J connectivity index is 1.86.